The fourth-order valence-electron chi connectivity index (χ4n) is 3.09. The first kappa shape index (κ1) is 17.8. The lowest BCUT2D eigenvalue weighted by Gasteiger charge is -2.39. The Morgan fingerprint density at radius 3 is 2.72 bits per heavy atom. The first-order chi connectivity index (χ1) is 11.9. The second-order valence-corrected chi connectivity index (χ2v) is 6.27. The summed E-state index contributed by atoms with van der Waals surface area (Å²) in [7, 11) is 0. The minimum absolute atomic E-state index is 0.315. The van der Waals surface area contributed by atoms with E-state index in [0.717, 1.165) is 38.3 Å². The third-order valence-electron chi connectivity index (χ3n) is 4.59. The molecule has 0 radical (unpaired) electrons. The number of nitrogens with zero attached hydrogens (tertiary/aromatic N) is 6. The Labute approximate surface area is 144 Å². The van der Waals surface area contributed by atoms with Crippen molar-refractivity contribution in [2.45, 2.75) is 32.6 Å². The molecule has 1 saturated heterocycles. The van der Waals surface area contributed by atoms with Crippen LogP contribution in [0.3, 0.4) is 0 Å². The minimum atomic E-state index is -4.39. The fraction of sp³-hybridized carbons (Fsp3) is 0.562. The fourth-order valence-corrected chi connectivity index (χ4v) is 3.09. The summed E-state index contributed by atoms with van der Waals surface area (Å²) in [6.07, 6.45) is -4.39. The molecule has 0 N–H and O–H groups in total. The first-order valence-electron chi connectivity index (χ1n) is 8.29. The molecule has 25 heavy (non-hydrogen) atoms. The maximum Gasteiger partial charge on any atom is 0.416 e. The highest BCUT2D eigenvalue weighted by molar-refractivity contribution is 5.36. The van der Waals surface area contributed by atoms with E-state index in [1.165, 1.54) is 10.7 Å². The van der Waals surface area contributed by atoms with Gasteiger partial charge in [-0.2, -0.15) is 17.9 Å². The summed E-state index contributed by atoms with van der Waals surface area (Å²) in [5.74, 6) is 0.538. The molecule has 1 fully saturated rings. The average molecular weight is 354 g/mol. The van der Waals surface area contributed by atoms with Gasteiger partial charge in [0.2, 0.25) is 0 Å². The van der Waals surface area contributed by atoms with Crippen molar-refractivity contribution in [1.29, 1.82) is 0 Å². The van der Waals surface area contributed by atoms with E-state index in [4.69, 9.17) is 0 Å². The van der Waals surface area contributed by atoms with Gasteiger partial charge in [-0.3, -0.25) is 4.90 Å². The Morgan fingerprint density at radius 1 is 1.24 bits per heavy atom. The van der Waals surface area contributed by atoms with Crippen LogP contribution in [0.15, 0.2) is 24.3 Å². The summed E-state index contributed by atoms with van der Waals surface area (Å²) in [6, 6.07) is 5.39. The number of hydrogen-bond donors (Lipinski definition) is 0. The molecule has 6 nitrogen and oxygen atoms in total. The number of likely N-dealkylation sites (N-methyl/N-ethyl adjacent to an activating group) is 1. The second-order valence-electron chi connectivity index (χ2n) is 6.27. The van der Waals surface area contributed by atoms with E-state index in [0.29, 0.717) is 24.1 Å². The van der Waals surface area contributed by atoms with Gasteiger partial charge in [-0.05, 0) is 42.1 Å². The highest BCUT2D eigenvalue weighted by Crippen LogP contribution is 2.30. The predicted molar refractivity (Wildman–Crippen MR) is 86.1 cm³/mol. The lowest BCUT2D eigenvalue weighted by molar-refractivity contribution is -0.137. The highest BCUT2D eigenvalue weighted by atomic mass is 19.4. The molecule has 1 aromatic heterocycles. The van der Waals surface area contributed by atoms with Gasteiger partial charge in [-0.1, -0.05) is 13.0 Å². The van der Waals surface area contributed by atoms with Crippen LogP contribution in [0.4, 0.5) is 13.2 Å². The lowest BCUT2D eigenvalue weighted by atomic mass is 10.2. The lowest BCUT2D eigenvalue weighted by Crippen LogP contribution is -2.51. The molecule has 136 valence electrons. The normalized spacial score (nSPS) is 20.1. The van der Waals surface area contributed by atoms with Crippen molar-refractivity contribution in [3.05, 3.63) is 35.7 Å². The molecule has 1 unspecified atom stereocenters. The Balaban J connectivity index is 1.80. The maximum absolute atomic E-state index is 12.9. The van der Waals surface area contributed by atoms with Gasteiger partial charge in [0.15, 0.2) is 5.82 Å². The third kappa shape index (κ3) is 3.98. The molecule has 0 saturated carbocycles. The van der Waals surface area contributed by atoms with Crippen LogP contribution in [0.1, 0.15) is 25.2 Å². The van der Waals surface area contributed by atoms with E-state index in [2.05, 4.69) is 39.2 Å². The topological polar surface area (TPSA) is 50.1 Å². The van der Waals surface area contributed by atoms with E-state index in [-0.39, 0.29) is 0 Å². The summed E-state index contributed by atoms with van der Waals surface area (Å²) in [6.45, 7) is 8.59. The molecule has 0 spiro atoms. The molecule has 1 atom stereocenters. The van der Waals surface area contributed by atoms with Crippen molar-refractivity contribution in [2.75, 3.05) is 26.2 Å². The molecule has 0 amide bonds. The van der Waals surface area contributed by atoms with E-state index in [1.54, 1.807) is 6.07 Å². The van der Waals surface area contributed by atoms with Crippen molar-refractivity contribution in [1.82, 2.24) is 30.0 Å². The van der Waals surface area contributed by atoms with E-state index in [9.17, 15) is 13.2 Å². The number of rotatable bonds is 4. The Hall–Kier alpha value is -2.00. The van der Waals surface area contributed by atoms with E-state index >= 15 is 0 Å². The standard InChI is InChI=1S/C16H21F3N6/c1-3-23-7-8-24(12(2)10-23)11-15-20-21-22-25(15)14-6-4-5-13(9-14)16(17,18)19/h4-6,9,12H,3,7-8,10-11H2,1-2H3. The third-order valence-corrected chi connectivity index (χ3v) is 4.59. The number of piperazine rings is 1. The second kappa shape index (κ2) is 7.09. The molecule has 0 bridgehead atoms. The molecule has 1 aromatic carbocycles. The van der Waals surface area contributed by atoms with Gasteiger partial charge in [0.05, 0.1) is 17.8 Å². The van der Waals surface area contributed by atoms with Crippen molar-refractivity contribution in [3.8, 4) is 5.69 Å². The highest BCUT2D eigenvalue weighted by Gasteiger charge is 2.31. The number of alkyl halides is 3. The molecule has 1 aliphatic rings. The number of benzene rings is 1. The zero-order valence-corrected chi connectivity index (χ0v) is 14.2. The van der Waals surface area contributed by atoms with Crippen molar-refractivity contribution in [2.24, 2.45) is 0 Å². The predicted octanol–water partition coefficient (Wildman–Crippen LogP) is 2.21. The Bertz CT molecular complexity index is 714. The van der Waals surface area contributed by atoms with Gasteiger partial charge in [0.25, 0.3) is 0 Å². The van der Waals surface area contributed by atoms with Crippen LogP contribution < -0.4 is 0 Å². The molecule has 3 rings (SSSR count). The van der Waals surface area contributed by atoms with Gasteiger partial charge < -0.3 is 4.90 Å². The SMILES string of the molecule is CCN1CCN(Cc2nnnn2-c2cccc(C(F)(F)F)c2)C(C)C1. The van der Waals surface area contributed by atoms with Gasteiger partial charge in [0.1, 0.15) is 0 Å². The van der Waals surface area contributed by atoms with Crippen LogP contribution >= 0.6 is 0 Å². The average Bonchev–Trinajstić information content (AvgIpc) is 3.04. The summed E-state index contributed by atoms with van der Waals surface area (Å²) < 4.78 is 40.2. The van der Waals surface area contributed by atoms with E-state index in [1.807, 2.05) is 0 Å². The smallest absolute Gasteiger partial charge is 0.301 e. The quantitative estimate of drug-likeness (QED) is 0.843. The molecule has 2 aromatic rings. The minimum Gasteiger partial charge on any atom is -0.301 e. The number of aromatic nitrogens is 4. The zero-order chi connectivity index (χ0) is 18.0. The van der Waals surface area contributed by atoms with Crippen molar-refractivity contribution >= 4 is 0 Å². The molecule has 1 aliphatic heterocycles. The summed E-state index contributed by atoms with van der Waals surface area (Å²) in [5.41, 5.74) is -0.397. The van der Waals surface area contributed by atoms with Crippen LogP contribution in [0.25, 0.3) is 5.69 Å². The van der Waals surface area contributed by atoms with Crippen LogP contribution in [0, 0.1) is 0 Å². The maximum atomic E-state index is 12.9. The summed E-state index contributed by atoms with van der Waals surface area (Å²) in [5, 5.41) is 11.6. The monoisotopic (exact) mass is 354 g/mol. The van der Waals surface area contributed by atoms with E-state index < -0.39 is 11.7 Å². The first-order valence-corrected chi connectivity index (χ1v) is 8.29. The number of tetrazole rings is 1. The van der Waals surface area contributed by atoms with Gasteiger partial charge in [0, 0.05) is 25.7 Å². The van der Waals surface area contributed by atoms with Crippen molar-refractivity contribution < 1.29 is 13.2 Å². The largest absolute Gasteiger partial charge is 0.416 e. The van der Waals surface area contributed by atoms with Crippen molar-refractivity contribution in [3.63, 3.8) is 0 Å². The molecule has 9 heteroatoms. The van der Waals surface area contributed by atoms with Crippen LogP contribution in [-0.4, -0.2) is 62.2 Å². The molecular weight excluding hydrogens is 333 g/mol. The molecule has 2 heterocycles. The Kier molecular flexibility index (Phi) is 5.05. The van der Waals surface area contributed by atoms with Gasteiger partial charge in [-0.25, -0.2) is 0 Å². The van der Waals surface area contributed by atoms with Crippen LogP contribution in [0.5, 0.6) is 0 Å². The van der Waals surface area contributed by atoms with Gasteiger partial charge in [-0.15, -0.1) is 5.10 Å². The number of halogens is 3. The summed E-state index contributed by atoms with van der Waals surface area (Å²) >= 11 is 0. The zero-order valence-electron chi connectivity index (χ0n) is 14.2. The number of hydrogen-bond acceptors (Lipinski definition) is 5. The molecule has 0 aliphatic carbocycles. The Morgan fingerprint density at radius 2 is 2.04 bits per heavy atom. The van der Waals surface area contributed by atoms with Gasteiger partial charge >= 0.3 is 6.18 Å². The van der Waals surface area contributed by atoms with Crippen LogP contribution in [-0.2, 0) is 12.7 Å². The molecular formula is C16H21F3N6. The summed E-state index contributed by atoms with van der Waals surface area (Å²) in [4.78, 5) is 4.62. The van der Waals surface area contributed by atoms with Crippen LogP contribution in [0.2, 0.25) is 0 Å².